The summed E-state index contributed by atoms with van der Waals surface area (Å²) in [5, 5.41) is 20.8. The van der Waals surface area contributed by atoms with Crippen LogP contribution in [0.15, 0.2) is 40.6 Å². The van der Waals surface area contributed by atoms with Crippen molar-refractivity contribution in [2.24, 2.45) is 10.2 Å². The maximum atomic E-state index is 11.8. The van der Waals surface area contributed by atoms with E-state index in [2.05, 4.69) is 32.6 Å². The predicted molar refractivity (Wildman–Crippen MR) is 136 cm³/mol. The van der Waals surface area contributed by atoms with Crippen molar-refractivity contribution in [2.75, 3.05) is 36.5 Å². The number of nitrogens with zero attached hydrogens (tertiary/aromatic N) is 5. The number of amides is 1. The van der Waals surface area contributed by atoms with Gasteiger partial charge in [0.05, 0.1) is 24.5 Å². The molecule has 0 unspecified atom stereocenters. The molecule has 0 fully saturated rings. The quantitative estimate of drug-likeness (QED) is 0.247. The second kappa shape index (κ2) is 13.7. The van der Waals surface area contributed by atoms with Crippen LogP contribution in [0.2, 0.25) is 0 Å². The van der Waals surface area contributed by atoms with E-state index in [4.69, 9.17) is 9.47 Å². The molecule has 1 N–H and O–H groups in total. The first-order valence-corrected chi connectivity index (χ1v) is 11.9. The van der Waals surface area contributed by atoms with E-state index in [1.54, 1.807) is 39.0 Å². The number of aryl methyl sites for hydroxylation is 1. The normalized spacial score (nSPS) is 10.5. The Morgan fingerprint density at radius 1 is 1.19 bits per heavy atom. The molecule has 0 radical (unpaired) electrons. The molecule has 1 amide bonds. The second-order valence-corrected chi connectivity index (χ2v) is 8.37. The van der Waals surface area contributed by atoms with Crippen LogP contribution in [0, 0.1) is 18.3 Å². The summed E-state index contributed by atoms with van der Waals surface area (Å²) in [4.78, 5) is 37.0. The standard InChI is InChI=1S/C24H28N6O5S/c1-6-22(32)34-11-9-30(10-12-35-24(33)15(2)3)18-7-8-20(21(13-18)26-17(5)31)27-28-23-19(14-25)16(4)29-36-23/h7-8,13H,2,6,9-12H2,1,3-5H3,(H,26,31). The van der Waals surface area contributed by atoms with Gasteiger partial charge in [-0.25, -0.2) is 4.79 Å². The molecule has 0 atom stereocenters. The molecule has 1 aromatic heterocycles. The van der Waals surface area contributed by atoms with E-state index in [0.29, 0.717) is 46.4 Å². The summed E-state index contributed by atoms with van der Waals surface area (Å²) in [5.74, 6) is -1.14. The van der Waals surface area contributed by atoms with Crippen molar-refractivity contribution in [1.82, 2.24) is 4.37 Å². The van der Waals surface area contributed by atoms with Gasteiger partial charge in [0.15, 0.2) is 5.00 Å². The number of ether oxygens (including phenoxy) is 2. The van der Waals surface area contributed by atoms with Crippen molar-refractivity contribution < 1.29 is 23.9 Å². The number of carbonyl (C=O) groups is 3. The first kappa shape index (κ1) is 28.1. The molecular weight excluding hydrogens is 484 g/mol. The molecule has 1 heterocycles. The van der Waals surface area contributed by atoms with Crippen LogP contribution in [0.3, 0.4) is 0 Å². The lowest BCUT2D eigenvalue weighted by Gasteiger charge is -2.25. The molecule has 2 aromatic rings. The number of azo groups is 1. The van der Waals surface area contributed by atoms with Crippen molar-refractivity contribution in [3.63, 3.8) is 0 Å². The summed E-state index contributed by atoms with van der Waals surface area (Å²) in [7, 11) is 0. The third kappa shape index (κ3) is 8.28. The Morgan fingerprint density at radius 3 is 2.50 bits per heavy atom. The second-order valence-electron chi connectivity index (χ2n) is 7.62. The molecule has 0 aliphatic heterocycles. The molecule has 0 spiro atoms. The molecule has 36 heavy (non-hydrogen) atoms. The van der Waals surface area contributed by atoms with Crippen LogP contribution >= 0.6 is 11.5 Å². The monoisotopic (exact) mass is 512 g/mol. The van der Waals surface area contributed by atoms with Crippen LogP contribution in [-0.2, 0) is 23.9 Å². The zero-order valence-electron chi connectivity index (χ0n) is 20.7. The van der Waals surface area contributed by atoms with E-state index in [-0.39, 0.29) is 37.1 Å². The smallest absolute Gasteiger partial charge is 0.333 e. The fraction of sp³-hybridized carbons (Fsp3) is 0.375. The highest BCUT2D eigenvalue weighted by Gasteiger charge is 2.14. The molecule has 0 saturated heterocycles. The lowest BCUT2D eigenvalue weighted by atomic mass is 10.2. The van der Waals surface area contributed by atoms with Gasteiger partial charge in [0.2, 0.25) is 5.91 Å². The molecule has 190 valence electrons. The van der Waals surface area contributed by atoms with Crippen molar-refractivity contribution in [1.29, 1.82) is 5.26 Å². The third-order valence-electron chi connectivity index (χ3n) is 4.72. The van der Waals surface area contributed by atoms with Crippen LogP contribution in [-0.4, -0.2) is 48.5 Å². The Morgan fingerprint density at radius 2 is 1.89 bits per heavy atom. The number of benzene rings is 1. The number of hydrogen-bond acceptors (Lipinski definition) is 11. The molecule has 2 rings (SSSR count). The molecule has 1 aromatic carbocycles. The average molecular weight is 513 g/mol. The predicted octanol–water partition coefficient (Wildman–Crippen LogP) is 4.58. The van der Waals surface area contributed by atoms with Gasteiger partial charge in [-0.3, -0.25) is 9.59 Å². The minimum atomic E-state index is -0.503. The van der Waals surface area contributed by atoms with Crippen LogP contribution < -0.4 is 10.2 Å². The fourth-order valence-electron chi connectivity index (χ4n) is 2.87. The van der Waals surface area contributed by atoms with Crippen molar-refractivity contribution in [3.05, 3.63) is 41.6 Å². The zero-order chi connectivity index (χ0) is 26.7. The van der Waals surface area contributed by atoms with Crippen LogP contribution in [0.4, 0.5) is 22.1 Å². The lowest BCUT2D eigenvalue weighted by molar-refractivity contribution is -0.143. The highest BCUT2D eigenvalue weighted by Crippen LogP contribution is 2.34. The van der Waals surface area contributed by atoms with Gasteiger partial charge in [-0.05, 0) is 43.6 Å². The number of hydrogen-bond donors (Lipinski definition) is 1. The van der Waals surface area contributed by atoms with Gasteiger partial charge in [-0.15, -0.1) is 10.2 Å². The number of aromatic nitrogens is 1. The Kier molecular flexibility index (Phi) is 10.7. The van der Waals surface area contributed by atoms with E-state index < -0.39 is 5.97 Å². The first-order valence-electron chi connectivity index (χ1n) is 11.1. The molecule has 0 bridgehead atoms. The van der Waals surface area contributed by atoms with E-state index >= 15 is 0 Å². The minimum Gasteiger partial charge on any atom is -0.464 e. The van der Waals surface area contributed by atoms with E-state index in [9.17, 15) is 19.6 Å². The van der Waals surface area contributed by atoms with Gasteiger partial charge < -0.3 is 19.7 Å². The molecule has 0 saturated carbocycles. The van der Waals surface area contributed by atoms with Gasteiger partial charge in [0.25, 0.3) is 0 Å². The van der Waals surface area contributed by atoms with Gasteiger partial charge in [0.1, 0.15) is 30.5 Å². The molecule has 11 nitrogen and oxygen atoms in total. The first-order chi connectivity index (χ1) is 17.2. The summed E-state index contributed by atoms with van der Waals surface area (Å²) < 4.78 is 14.5. The SMILES string of the molecule is C=C(C)C(=O)OCCN(CCOC(=O)CC)c1ccc(N=Nc2snc(C)c2C#N)c(NC(C)=O)c1. The summed E-state index contributed by atoms with van der Waals surface area (Å²) >= 11 is 1.06. The van der Waals surface area contributed by atoms with E-state index in [1.165, 1.54) is 6.92 Å². The Balaban J connectivity index is 2.32. The van der Waals surface area contributed by atoms with Gasteiger partial charge in [0, 0.05) is 24.6 Å². The third-order valence-corrected chi connectivity index (χ3v) is 5.54. The zero-order valence-corrected chi connectivity index (χ0v) is 21.5. The number of esters is 2. The number of rotatable bonds is 12. The Hall–Kier alpha value is -4.11. The maximum Gasteiger partial charge on any atom is 0.333 e. The summed E-state index contributed by atoms with van der Waals surface area (Å²) in [5.41, 5.74) is 2.63. The van der Waals surface area contributed by atoms with Crippen LogP contribution in [0.1, 0.15) is 38.4 Å². The highest BCUT2D eigenvalue weighted by molar-refractivity contribution is 7.10. The number of nitriles is 1. The number of nitrogens with one attached hydrogen (secondary N) is 1. The van der Waals surface area contributed by atoms with Crippen LogP contribution in [0.5, 0.6) is 0 Å². The summed E-state index contributed by atoms with van der Waals surface area (Å²) in [6.45, 7) is 10.7. The largest absolute Gasteiger partial charge is 0.464 e. The maximum absolute atomic E-state index is 11.8. The fourth-order valence-corrected chi connectivity index (χ4v) is 3.54. The molecular formula is C24H28N6O5S. The Labute approximate surface area is 213 Å². The average Bonchev–Trinajstić information content (AvgIpc) is 3.20. The highest BCUT2D eigenvalue weighted by atomic mass is 32.1. The van der Waals surface area contributed by atoms with Crippen molar-refractivity contribution in [3.8, 4) is 6.07 Å². The molecule has 12 heteroatoms. The minimum absolute atomic E-state index is 0.0754. The summed E-state index contributed by atoms with van der Waals surface area (Å²) in [6.07, 6.45) is 0.259. The lowest BCUT2D eigenvalue weighted by Crippen LogP contribution is -2.32. The number of carbonyl (C=O) groups excluding carboxylic acids is 3. The topological polar surface area (TPSA) is 146 Å². The van der Waals surface area contributed by atoms with Crippen molar-refractivity contribution in [2.45, 2.75) is 34.1 Å². The summed E-state index contributed by atoms with van der Waals surface area (Å²) in [6, 6.07) is 7.17. The molecule has 0 aliphatic rings. The van der Waals surface area contributed by atoms with Gasteiger partial charge >= 0.3 is 11.9 Å². The Bertz CT molecular complexity index is 1200. The van der Waals surface area contributed by atoms with Crippen LogP contribution in [0.25, 0.3) is 0 Å². The van der Waals surface area contributed by atoms with Gasteiger partial charge in [-0.1, -0.05) is 13.5 Å². The number of anilines is 2. The van der Waals surface area contributed by atoms with E-state index in [0.717, 1.165) is 11.5 Å². The van der Waals surface area contributed by atoms with Gasteiger partial charge in [-0.2, -0.15) is 9.64 Å². The van der Waals surface area contributed by atoms with Crippen molar-refractivity contribution >= 4 is 51.4 Å². The molecule has 0 aliphatic carbocycles. The van der Waals surface area contributed by atoms with E-state index in [1.807, 2.05) is 4.90 Å².